The van der Waals surface area contributed by atoms with Crippen molar-refractivity contribution >= 4 is 5.97 Å². The Morgan fingerprint density at radius 1 is 1.24 bits per heavy atom. The van der Waals surface area contributed by atoms with Crippen molar-refractivity contribution in [3.05, 3.63) is 0 Å². The van der Waals surface area contributed by atoms with Gasteiger partial charge >= 0.3 is 5.97 Å². The number of methoxy groups -OCH3 is 1. The highest BCUT2D eigenvalue weighted by molar-refractivity contribution is 5.72. The van der Waals surface area contributed by atoms with Crippen molar-refractivity contribution in [3.8, 4) is 0 Å². The smallest absolute Gasteiger partial charge is 0.309 e. The molecular formula is C12H23NO4. The Kier molecular flexibility index (Phi) is 7.16. The maximum Gasteiger partial charge on any atom is 0.309 e. The molecule has 5 heteroatoms. The predicted octanol–water partition coefficient (Wildman–Crippen LogP) is 0.710. The molecule has 1 fully saturated rings. The SMILES string of the molecule is COCCCOCCOC(=O)[C@@H]1CC[C@H](N)C1. The van der Waals surface area contributed by atoms with E-state index in [1.807, 2.05) is 0 Å². The first-order valence-electron chi connectivity index (χ1n) is 6.23. The second-order valence-corrected chi connectivity index (χ2v) is 4.40. The molecule has 5 nitrogen and oxygen atoms in total. The molecule has 0 amide bonds. The first-order chi connectivity index (χ1) is 8.24. The van der Waals surface area contributed by atoms with Crippen molar-refractivity contribution < 1.29 is 19.0 Å². The van der Waals surface area contributed by atoms with E-state index in [0.29, 0.717) is 26.4 Å². The predicted molar refractivity (Wildman–Crippen MR) is 63.6 cm³/mol. The van der Waals surface area contributed by atoms with Crippen LogP contribution in [0.5, 0.6) is 0 Å². The highest BCUT2D eigenvalue weighted by Crippen LogP contribution is 2.24. The minimum absolute atomic E-state index is 0.00140. The molecule has 100 valence electrons. The largest absolute Gasteiger partial charge is 0.463 e. The van der Waals surface area contributed by atoms with Gasteiger partial charge in [-0.15, -0.1) is 0 Å². The van der Waals surface area contributed by atoms with E-state index in [1.165, 1.54) is 0 Å². The van der Waals surface area contributed by atoms with Gasteiger partial charge in [0, 0.05) is 26.4 Å². The van der Waals surface area contributed by atoms with E-state index in [2.05, 4.69) is 0 Å². The molecule has 0 aromatic carbocycles. The lowest BCUT2D eigenvalue weighted by molar-refractivity contribution is -0.149. The van der Waals surface area contributed by atoms with Gasteiger partial charge in [-0.3, -0.25) is 4.79 Å². The Balaban J connectivity index is 1.93. The molecule has 2 atom stereocenters. The Morgan fingerprint density at radius 3 is 2.71 bits per heavy atom. The summed E-state index contributed by atoms with van der Waals surface area (Å²) in [5.74, 6) is -0.128. The maximum atomic E-state index is 11.6. The quantitative estimate of drug-likeness (QED) is 0.504. The monoisotopic (exact) mass is 245 g/mol. The van der Waals surface area contributed by atoms with E-state index in [0.717, 1.165) is 25.7 Å². The number of carbonyl (C=O) groups excluding carboxylic acids is 1. The topological polar surface area (TPSA) is 70.8 Å². The Morgan fingerprint density at radius 2 is 2.06 bits per heavy atom. The standard InChI is InChI=1S/C12H23NO4/c1-15-5-2-6-16-7-8-17-12(14)10-3-4-11(13)9-10/h10-11H,2-9,13H2,1H3/t10-,11+/m1/s1. The van der Waals surface area contributed by atoms with E-state index >= 15 is 0 Å². The summed E-state index contributed by atoms with van der Waals surface area (Å²) in [6.07, 6.45) is 3.40. The summed E-state index contributed by atoms with van der Waals surface area (Å²) in [5.41, 5.74) is 5.74. The zero-order chi connectivity index (χ0) is 12.5. The third-order valence-electron chi connectivity index (χ3n) is 2.92. The van der Waals surface area contributed by atoms with Gasteiger partial charge in [-0.25, -0.2) is 0 Å². The lowest BCUT2D eigenvalue weighted by atomic mass is 10.1. The number of hydrogen-bond donors (Lipinski definition) is 1. The summed E-state index contributed by atoms with van der Waals surface area (Å²) in [6, 6.07) is 0.165. The molecule has 1 aliphatic rings. The van der Waals surface area contributed by atoms with Crippen LogP contribution in [0.2, 0.25) is 0 Å². The minimum Gasteiger partial charge on any atom is -0.463 e. The Bertz CT molecular complexity index is 223. The fourth-order valence-electron chi connectivity index (χ4n) is 1.96. The van der Waals surface area contributed by atoms with E-state index in [1.54, 1.807) is 7.11 Å². The van der Waals surface area contributed by atoms with Crippen molar-refractivity contribution in [3.63, 3.8) is 0 Å². The third kappa shape index (κ3) is 6.00. The molecule has 0 aliphatic heterocycles. The summed E-state index contributed by atoms with van der Waals surface area (Å²) < 4.78 is 15.3. The van der Waals surface area contributed by atoms with Crippen LogP contribution in [0.15, 0.2) is 0 Å². The second-order valence-electron chi connectivity index (χ2n) is 4.40. The summed E-state index contributed by atoms with van der Waals surface area (Å²) in [7, 11) is 1.66. The van der Waals surface area contributed by atoms with Gasteiger partial charge in [0.1, 0.15) is 6.61 Å². The van der Waals surface area contributed by atoms with Crippen molar-refractivity contribution in [1.82, 2.24) is 0 Å². The van der Waals surface area contributed by atoms with Crippen molar-refractivity contribution in [2.24, 2.45) is 11.7 Å². The number of rotatable bonds is 8. The minimum atomic E-state index is -0.126. The van der Waals surface area contributed by atoms with Crippen LogP contribution in [0.3, 0.4) is 0 Å². The molecule has 0 aromatic heterocycles. The fraction of sp³-hybridized carbons (Fsp3) is 0.917. The third-order valence-corrected chi connectivity index (χ3v) is 2.92. The Labute approximate surface area is 103 Å². The zero-order valence-electron chi connectivity index (χ0n) is 10.5. The first kappa shape index (κ1) is 14.4. The van der Waals surface area contributed by atoms with Gasteiger partial charge in [-0.05, 0) is 25.7 Å². The second kappa shape index (κ2) is 8.44. The summed E-state index contributed by atoms with van der Waals surface area (Å²) in [4.78, 5) is 11.6. The molecule has 0 spiro atoms. The number of esters is 1. The van der Waals surface area contributed by atoms with Crippen LogP contribution in [0.1, 0.15) is 25.7 Å². The molecule has 1 saturated carbocycles. The highest BCUT2D eigenvalue weighted by atomic mass is 16.6. The lowest BCUT2D eigenvalue weighted by Crippen LogP contribution is -2.21. The normalized spacial score (nSPS) is 23.9. The fourth-order valence-corrected chi connectivity index (χ4v) is 1.96. The van der Waals surface area contributed by atoms with Gasteiger partial charge in [-0.1, -0.05) is 0 Å². The molecule has 1 aliphatic carbocycles. The van der Waals surface area contributed by atoms with Gasteiger partial charge < -0.3 is 19.9 Å². The van der Waals surface area contributed by atoms with Crippen molar-refractivity contribution in [1.29, 1.82) is 0 Å². The van der Waals surface area contributed by atoms with Crippen LogP contribution in [-0.2, 0) is 19.0 Å². The maximum absolute atomic E-state index is 11.6. The zero-order valence-corrected chi connectivity index (χ0v) is 10.5. The van der Waals surface area contributed by atoms with Gasteiger partial charge in [0.2, 0.25) is 0 Å². The van der Waals surface area contributed by atoms with Crippen LogP contribution < -0.4 is 5.73 Å². The Hall–Kier alpha value is -0.650. The molecule has 0 bridgehead atoms. The number of carbonyl (C=O) groups is 1. The number of ether oxygens (including phenoxy) is 3. The number of hydrogen-bond acceptors (Lipinski definition) is 5. The number of nitrogens with two attached hydrogens (primary N) is 1. The molecule has 0 aromatic rings. The average Bonchev–Trinajstić information content (AvgIpc) is 2.74. The van der Waals surface area contributed by atoms with Gasteiger partial charge in [-0.2, -0.15) is 0 Å². The van der Waals surface area contributed by atoms with Crippen molar-refractivity contribution in [2.45, 2.75) is 31.7 Å². The van der Waals surface area contributed by atoms with E-state index in [9.17, 15) is 4.79 Å². The van der Waals surface area contributed by atoms with E-state index in [4.69, 9.17) is 19.9 Å². The molecular weight excluding hydrogens is 222 g/mol. The molecule has 0 saturated heterocycles. The first-order valence-corrected chi connectivity index (χ1v) is 6.23. The molecule has 0 unspecified atom stereocenters. The molecule has 17 heavy (non-hydrogen) atoms. The van der Waals surface area contributed by atoms with Crippen LogP contribution >= 0.6 is 0 Å². The highest BCUT2D eigenvalue weighted by Gasteiger charge is 2.28. The van der Waals surface area contributed by atoms with Crippen LogP contribution in [0, 0.1) is 5.92 Å². The van der Waals surface area contributed by atoms with Crippen LogP contribution in [0.4, 0.5) is 0 Å². The van der Waals surface area contributed by atoms with Gasteiger partial charge in [0.05, 0.1) is 12.5 Å². The summed E-state index contributed by atoms with van der Waals surface area (Å²) in [5, 5.41) is 0. The summed E-state index contributed by atoms with van der Waals surface area (Å²) in [6.45, 7) is 2.12. The summed E-state index contributed by atoms with van der Waals surface area (Å²) >= 11 is 0. The van der Waals surface area contributed by atoms with Crippen LogP contribution in [-0.4, -0.2) is 45.5 Å². The lowest BCUT2D eigenvalue weighted by Gasteiger charge is -2.10. The van der Waals surface area contributed by atoms with E-state index < -0.39 is 0 Å². The molecule has 0 heterocycles. The van der Waals surface area contributed by atoms with Gasteiger partial charge in [0.25, 0.3) is 0 Å². The van der Waals surface area contributed by atoms with Crippen molar-refractivity contribution in [2.75, 3.05) is 33.5 Å². The average molecular weight is 245 g/mol. The molecule has 2 N–H and O–H groups in total. The van der Waals surface area contributed by atoms with Crippen LogP contribution in [0.25, 0.3) is 0 Å². The van der Waals surface area contributed by atoms with Gasteiger partial charge in [0.15, 0.2) is 0 Å². The molecule has 1 rings (SSSR count). The molecule has 0 radical (unpaired) electrons. The van der Waals surface area contributed by atoms with E-state index in [-0.39, 0.29) is 17.9 Å².